The van der Waals surface area contributed by atoms with Crippen LogP contribution in [0, 0.1) is 15.3 Å². The highest BCUT2D eigenvalue weighted by Gasteiger charge is 2.31. The molecular weight excluding hydrogens is 216 g/mol. The molecule has 0 N–H and O–H groups in total. The molecule has 1 aromatic heterocycles. The van der Waals surface area contributed by atoms with Crippen molar-refractivity contribution in [1.29, 1.82) is 0 Å². The lowest BCUT2D eigenvalue weighted by Gasteiger charge is -1.99. The number of fused-ring (bicyclic) bond motifs is 1. The highest BCUT2D eigenvalue weighted by atomic mass is 16.8. The van der Waals surface area contributed by atoms with Crippen molar-refractivity contribution >= 4 is 22.4 Å². The van der Waals surface area contributed by atoms with Crippen LogP contribution in [0.5, 0.6) is 0 Å². The van der Waals surface area contributed by atoms with E-state index in [9.17, 15) is 15.3 Å². The highest BCUT2D eigenvalue weighted by molar-refractivity contribution is 5.92. The van der Waals surface area contributed by atoms with Crippen LogP contribution in [0.2, 0.25) is 0 Å². The number of rotatable bonds is 2. The summed E-state index contributed by atoms with van der Waals surface area (Å²) in [5.74, 6) is 0. The topological polar surface area (TPSA) is 99.1 Å². The van der Waals surface area contributed by atoms with E-state index >= 15 is 0 Å². The second kappa shape index (κ2) is 2.81. The predicted octanol–water partition coefficient (Wildman–Crippen LogP) is 0.189. The van der Waals surface area contributed by atoms with Gasteiger partial charge < -0.3 is 10.1 Å². The molecule has 0 radical (unpaired) electrons. The van der Waals surface area contributed by atoms with Crippen molar-refractivity contribution in [1.82, 2.24) is 5.16 Å². The van der Waals surface area contributed by atoms with Gasteiger partial charge in [0.25, 0.3) is 5.52 Å². The Hall–Kier alpha value is -2.38. The summed E-state index contributed by atoms with van der Waals surface area (Å²) < 4.78 is 4.40. The molecule has 1 aliphatic heterocycles. The summed E-state index contributed by atoms with van der Waals surface area (Å²) in [5, 5.41) is 25.5. The van der Waals surface area contributed by atoms with Crippen molar-refractivity contribution in [3.8, 4) is 0 Å². The van der Waals surface area contributed by atoms with Gasteiger partial charge in [0.05, 0.1) is 10.6 Å². The van der Waals surface area contributed by atoms with E-state index < -0.39 is 4.92 Å². The van der Waals surface area contributed by atoms with Crippen molar-refractivity contribution in [2.45, 2.75) is 0 Å². The van der Waals surface area contributed by atoms with Crippen LogP contribution in [-0.4, -0.2) is 23.2 Å². The minimum absolute atomic E-state index is 0.0699. The Kier molecular flexibility index (Phi) is 1.56. The predicted molar refractivity (Wildman–Crippen MR) is 51.8 cm³/mol. The zero-order chi connectivity index (χ0) is 11.3. The molecule has 1 aromatic carbocycles. The average Bonchev–Trinajstić information content (AvgIpc) is 3.02. The summed E-state index contributed by atoms with van der Waals surface area (Å²) in [4.78, 5) is 12.1. The van der Waals surface area contributed by atoms with E-state index in [1.54, 1.807) is 6.07 Å². The van der Waals surface area contributed by atoms with Gasteiger partial charge in [0.15, 0.2) is 0 Å². The molecule has 2 heterocycles. The van der Waals surface area contributed by atoms with Crippen LogP contribution in [0.25, 0.3) is 11.0 Å². The second-order valence-corrected chi connectivity index (χ2v) is 3.48. The van der Waals surface area contributed by atoms with Crippen LogP contribution in [0.15, 0.2) is 16.8 Å². The summed E-state index contributed by atoms with van der Waals surface area (Å²) in [5.41, 5.74) is 0.506. The van der Waals surface area contributed by atoms with Gasteiger partial charge in [-0.25, -0.2) is 0 Å². The second-order valence-electron chi connectivity index (χ2n) is 3.48. The van der Waals surface area contributed by atoms with E-state index in [0.29, 0.717) is 5.69 Å². The fourth-order valence-corrected chi connectivity index (χ4v) is 1.64. The Morgan fingerprint density at radius 2 is 2.25 bits per heavy atom. The van der Waals surface area contributed by atoms with Crippen LogP contribution in [-0.2, 0) is 0 Å². The third-order valence-corrected chi connectivity index (χ3v) is 2.48. The van der Waals surface area contributed by atoms with Gasteiger partial charge in [-0.1, -0.05) is 0 Å². The minimum atomic E-state index is -0.625. The number of hydrogen-bond acceptors (Lipinski definition) is 6. The van der Waals surface area contributed by atoms with Crippen molar-refractivity contribution in [3.63, 3.8) is 0 Å². The number of nitrogens with zero attached hydrogens (tertiary/aromatic N) is 4. The number of aromatic nitrogens is 2. The fraction of sp³-hybridized carbons (Fsp3) is 0.250. The highest BCUT2D eigenvalue weighted by Crippen LogP contribution is 2.32. The largest absolute Gasteiger partial charge is 0.364 e. The molecule has 0 atom stereocenters. The first kappa shape index (κ1) is 8.89. The monoisotopic (exact) mass is 222 g/mol. The maximum Gasteiger partial charge on any atom is 0.324 e. The Morgan fingerprint density at radius 1 is 1.50 bits per heavy atom. The Bertz CT molecular complexity index is 589. The number of nitro benzene ring substituents is 1. The molecule has 1 saturated heterocycles. The van der Waals surface area contributed by atoms with E-state index in [0.717, 1.165) is 13.1 Å². The lowest BCUT2D eigenvalue weighted by Crippen LogP contribution is -2.23. The van der Waals surface area contributed by atoms with Crippen molar-refractivity contribution in [2.24, 2.45) is 0 Å². The lowest BCUT2D eigenvalue weighted by atomic mass is 10.2. The van der Waals surface area contributed by atoms with Crippen LogP contribution in [0.1, 0.15) is 0 Å². The molecule has 0 amide bonds. The van der Waals surface area contributed by atoms with Crippen LogP contribution >= 0.6 is 0 Å². The fourth-order valence-electron chi connectivity index (χ4n) is 1.64. The first-order valence-corrected chi connectivity index (χ1v) is 4.60. The number of hydrogen-bond donors (Lipinski definition) is 0. The van der Waals surface area contributed by atoms with Gasteiger partial charge in [-0.05, 0) is 11.0 Å². The molecular formula is C8H6N4O4. The number of nitro groups is 1. The van der Waals surface area contributed by atoms with E-state index in [4.69, 9.17) is 0 Å². The first-order chi connectivity index (χ1) is 7.68. The first-order valence-electron chi connectivity index (χ1n) is 4.60. The molecule has 0 aliphatic carbocycles. The summed E-state index contributed by atoms with van der Waals surface area (Å²) in [6, 6.07) is 2.87. The number of non-ortho nitro benzene ring substituents is 1. The van der Waals surface area contributed by atoms with Gasteiger partial charge in [0.2, 0.25) is 0 Å². The molecule has 0 unspecified atom stereocenters. The van der Waals surface area contributed by atoms with Gasteiger partial charge >= 0.3 is 11.2 Å². The third-order valence-electron chi connectivity index (χ3n) is 2.48. The smallest absolute Gasteiger partial charge is 0.324 e. The summed E-state index contributed by atoms with van der Waals surface area (Å²) >= 11 is 0. The van der Waals surface area contributed by atoms with Crippen molar-refractivity contribution < 1.29 is 14.5 Å². The minimum Gasteiger partial charge on any atom is -0.364 e. The van der Waals surface area contributed by atoms with Crippen LogP contribution < -0.4 is 9.80 Å². The van der Waals surface area contributed by atoms with Gasteiger partial charge in [-0.2, -0.15) is 0 Å². The Morgan fingerprint density at radius 3 is 2.88 bits per heavy atom. The Labute approximate surface area is 88.3 Å². The molecule has 16 heavy (non-hydrogen) atoms. The molecule has 1 fully saturated rings. The molecule has 8 heteroatoms. The molecule has 1 aliphatic rings. The van der Waals surface area contributed by atoms with Crippen molar-refractivity contribution in [3.05, 3.63) is 27.5 Å². The summed E-state index contributed by atoms with van der Waals surface area (Å²) in [6.07, 6.45) is 0. The lowest BCUT2D eigenvalue weighted by molar-refractivity contribution is -0.783. The van der Waals surface area contributed by atoms with Gasteiger partial charge in [0.1, 0.15) is 0 Å². The molecule has 0 saturated carbocycles. The third kappa shape index (κ3) is 1.09. The molecule has 8 nitrogen and oxygen atoms in total. The van der Waals surface area contributed by atoms with Crippen molar-refractivity contribution in [2.75, 3.05) is 18.0 Å². The average molecular weight is 222 g/mol. The van der Waals surface area contributed by atoms with Crippen LogP contribution in [0.3, 0.4) is 0 Å². The maximum absolute atomic E-state index is 11.3. The van der Waals surface area contributed by atoms with E-state index in [1.165, 1.54) is 6.07 Å². The maximum atomic E-state index is 11.3. The zero-order valence-corrected chi connectivity index (χ0v) is 7.99. The van der Waals surface area contributed by atoms with E-state index in [1.807, 2.05) is 4.90 Å². The van der Waals surface area contributed by atoms with Crippen LogP contribution in [0.4, 0.5) is 11.4 Å². The molecule has 2 aromatic rings. The van der Waals surface area contributed by atoms with Gasteiger partial charge in [-0.3, -0.25) is 14.7 Å². The number of anilines is 1. The zero-order valence-electron chi connectivity index (χ0n) is 7.99. The van der Waals surface area contributed by atoms with Gasteiger partial charge in [0, 0.05) is 24.3 Å². The summed E-state index contributed by atoms with van der Waals surface area (Å²) in [7, 11) is 0. The van der Waals surface area contributed by atoms with E-state index in [2.05, 4.69) is 9.79 Å². The molecule has 0 spiro atoms. The Balaban J connectivity index is 2.35. The molecule has 82 valence electrons. The van der Waals surface area contributed by atoms with Gasteiger partial charge in [-0.15, -0.1) is 0 Å². The number of benzene rings is 1. The SMILES string of the molecule is O=[N+]([O-])c1ccc(N2CC2)c2no[n+]([O-])c12. The normalized spacial score (nSPS) is 14.4. The summed E-state index contributed by atoms with van der Waals surface area (Å²) in [6.45, 7) is 1.72. The quantitative estimate of drug-likeness (QED) is 0.311. The molecule has 3 rings (SSSR count). The molecule has 0 bridgehead atoms. The van der Waals surface area contributed by atoms with E-state index in [-0.39, 0.29) is 21.6 Å². The standard InChI is InChI=1S/C8H6N4O4/c13-11(14)6-2-1-5(10-3-4-10)7-8(6)12(15)16-9-7/h1-2H,3-4H2.